The average Bonchev–Trinajstić information content (AvgIpc) is 3.27. The number of nitrogens with one attached hydrogen (secondary N) is 1. The Morgan fingerprint density at radius 2 is 1.35 bits per heavy atom. The van der Waals surface area contributed by atoms with Gasteiger partial charge in [-0.15, -0.1) is 0 Å². The quantitative estimate of drug-likeness (QED) is 0.460. The van der Waals surface area contributed by atoms with Gasteiger partial charge in [-0.05, 0) is 18.6 Å². The number of aromatic amines is 1. The Morgan fingerprint density at radius 1 is 0.692 bits per heavy atom. The molecule has 6 rings (SSSR count). The van der Waals surface area contributed by atoms with Crippen LogP contribution >= 0.6 is 0 Å². The van der Waals surface area contributed by atoms with Crippen LogP contribution in [0.5, 0.6) is 0 Å². The number of para-hydroxylation sites is 2. The molecule has 1 N–H and O–H groups in total. The summed E-state index contributed by atoms with van der Waals surface area (Å²) in [5, 5.41) is 4.03. The summed E-state index contributed by atoms with van der Waals surface area (Å²) in [5.41, 5.74) is 3.31. The van der Waals surface area contributed by atoms with Crippen LogP contribution in [0.3, 0.4) is 0 Å². The highest BCUT2D eigenvalue weighted by Crippen LogP contribution is 2.39. The molecule has 0 saturated heterocycles. The molecule has 3 aromatic heterocycles. The molecule has 0 fully saturated rings. The predicted molar refractivity (Wildman–Crippen MR) is 104 cm³/mol. The van der Waals surface area contributed by atoms with Gasteiger partial charge in [-0.1, -0.05) is 36.4 Å². The fourth-order valence-corrected chi connectivity index (χ4v) is 4.17. The van der Waals surface area contributed by atoms with Gasteiger partial charge in [-0.3, -0.25) is 14.6 Å². The third-order valence-corrected chi connectivity index (χ3v) is 5.27. The van der Waals surface area contributed by atoms with Crippen LogP contribution in [-0.2, 0) is 0 Å². The van der Waals surface area contributed by atoms with Gasteiger partial charge in [-0.25, -0.2) is 9.97 Å². The number of rotatable bonds is 0. The van der Waals surface area contributed by atoms with Crippen LogP contribution in [0.25, 0.3) is 54.4 Å². The summed E-state index contributed by atoms with van der Waals surface area (Å²) in [4.78, 5) is 37.3. The lowest BCUT2D eigenvalue weighted by Gasteiger charge is -1.97. The van der Waals surface area contributed by atoms with E-state index in [1.807, 2.05) is 49.4 Å². The summed E-state index contributed by atoms with van der Waals surface area (Å²) in [6, 6.07) is 13.5. The lowest BCUT2D eigenvalue weighted by Crippen LogP contribution is -2.05. The SMILES string of the molecule is Cc1cccc2c1nc1c3nc4ccccc4c3c3c(=O)[nH]c(=O)c3c21. The maximum atomic E-state index is 12.6. The molecule has 3 heterocycles. The van der Waals surface area contributed by atoms with Crippen LogP contribution in [0.1, 0.15) is 5.56 Å². The van der Waals surface area contributed by atoms with Gasteiger partial charge in [0.1, 0.15) is 0 Å². The van der Waals surface area contributed by atoms with Gasteiger partial charge in [0.2, 0.25) is 0 Å². The number of hydrogen-bond donors (Lipinski definition) is 1. The van der Waals surface area contributed by atoms with Crippen molar-refractivity contribution >= 4 is 54.4 Å². The van der Waals surface area contributed by atoms with E-state index in [9.17, 15) is 9.59 Å². The number of aromatic nitrogens is 3. The zero-order valence-electron chi connectivity index (χ0n) is 13.8. The Bertz CT molecular complexity index is 1630. The molecule has 0 radical (unpaired) electrons. The van der Waals surface area contributed by atoms with E-state index in [2.05, 4.69) is 4.98 Å². The standard InChI is InChI=1S/C21H11N3O2/c1-9-5-4-7-11-14-16-15(20(25)24-21(16)26)13-10-6-2-3-8-12(10)22-18(13)19(14)23-17(9)11/h2-8H,1H3,(H,24,25,26). The van der Waals surface area contributed by atoms with Crippen molar-refractivity contribution in [3.63, 3.8) is 0 Å². The van der Waals surface area contributed by atoms with Crippen molar-refractivity contribution in [1.29, 1.82) is 0 Å². The minimum atomic E-state index is -0.364. The summed E-state index contributed by atoms with van der Waals surface area (Å²) in [7, 11) is 0. The molecule has 0 spiro atoms. The molecule has 122 valence electrons. The third-order valence-electron chi connectivity index (χ3n) is 5.27. The maximum Gasteiger partial charge on any atom is 0.259 e. The van der Waals surface area contributed by atoms with E-state index < -0.39 is 0 Å². The van der Waals surface area contributed by atoms with Gasteiger partial charge in [0.05, 0.1) is 32.8 Å². The van der Waals surface area contributed by atoms with Crippen LogP contribution in [0, 0.1) is 6.92 Å². The number of hydrogen-bond acceptors (Lipinski definition) is 4. The van der Waals surface area contributed by atoms with Gasteiger partial charge in [0.15, 0.2) is 0 Å². The first kappa shape index (κ1) is 13.7. The zero-order chi connectivity index (χ0) is 17.6. The fourth-order valence-electron chi connectivity index (χ4n) is 4.17. The smallest absolute Gasteiger partial charge is 0.259 e. The highest BCUT2D eigenvalue weighted by Gasteiger charge is 2.23. The van der Waals surface area contributed by atoms with Crippen molar-refractivity contribution in [2.75, 3.05) is 0 Å². The van der Waals surface area contributed by atoms with Gasteiger partial charge < -0.3 is 0 Å². The van der Waals surface area contributed by atoms with E-state index in [0.29, 0.717) is 27.2 Å². The average molecular weight is 337 g/mol. The van der Waals surface area contributed by atoms with E-state index in [1.165, 1.54) is 0 Å². The summed E-state index contributed by atoms with van der Waals surface area (Å²) in [6.45, 7) is 1.99. The third kappa shape index (κ3) is 1.43. The molecule has 6 aromatic rings. The highest BCUT2D eigenvalue weighted by molar-refractivity contribution is 6.35. The lowest BCUT2D eigenvalue weighted by molar-refractivity contribution is 1.26. The molecule has 0 aliphatic carbocycles. The summed E-state index contributed by atoms with van der Waals surface area (Å²) >= 11 is 0. The molecular formula is C21H11N3O2. The Balaban J connectivity index is 2.13. The molecule has 5 heteroatoms. The second kappa shape index (κ2) is 4.32. The maximum absolute atomic E-state index is 12.6. The second-order valence-corrected chi connectivity index (χ2v) is 6.69. The molecule has 0 atom stereocenters. The second-order valence-electron chi connectivity index (χ2n) is 6.69. The molecule has 3 aromatic carbocycles. The monoisotopic (exact) mass is 337 g/mol. The van der Waals surface area contributed by atoms with Gasteiger partial charge >= 0.3 is 0 Å². The van der Waals surface area contributed by atoms with Crippen LogP contribution in [0.2, 0.25) is 0 Å². The van der Waals surface area contributed by atoms with Crippen molar-refractivity contribution < 1.29 is 0 Å². The van der Waals surface area contributed by atoms with E-state index in [0.717, 1.165) is 32.8 Å². The van der Waals surface area contributed by atoms with E-state index in [1.54, 1.807) is 0 Å². The van der Waals surface area contributed by atoms with Crippen molar-refractivity contribution in [1.82, 2.24) is 15.0 Å². The molecule has 0 aliphatic heterocycles. The number of nitrogens with zero attached hydrogens (tertiary/aromatic N) is 2. The molecule has 0 saturated carbocycles. The molecular weight excluding hydrogens is 326 g/mol. The summed E-state index contributed by atoms with van der Waals surface area (Å²) in [5.74, 6) is 0. The Kier molecular flexibility index (Phi) is 2.27. The first-order valence-electron chi connectivity index (χ1n) is 8.37. The number of benzene rings is 3. The van der Waals surface area contributed by atoms with Gasteiger partial charge in [0.25, 0.3) is 11.1 Å². The van der Waals surface area contributed by atoms with Gasteiger partial charge in [0, 0.05) is 21.5 Å². The van der Waals surface area contributed by atoms with E-state index in [-0.39, 0.29) is 11.1 Å². The van der Waals surface area contributed by atoms with Gasteiger partial charge in [-0.2, -0.15) is 0 Å². The fraction of sp³-hybridized carbons (Fsp3) is 0.0476. The molecule has 0 amide bonds. The first-order valence-corrected chi connectivity index (χ1v) is 8.37. The van der Waals surface area contributed by atoms with Crippen molar-refractivity contribution in [2.24, 2.45) is 0 Å². The van der Waals surface area contributed by atoms with Crippen LogP contribution in [0.15, 0.2) is 52.1 Å². The topological polar surface area (TPSA) is 75.7 Å². The van der Waals surface area contributed by atoms with Crippen LogP contribution in [-0.4, -0.2) is 15.0 Å². The Labute approximate surface area is 145 Å². The van der Waals surface area contributed by atoms with Crippen molar-refractivity contribution in [3.05, 3.63) is 68.7 Å². The highest BCUT2D eigenvalue weighted by atomic mass is 16.2. The number of fused-ring (bicyclic) bond motifs is 10. The first-order chi connectivity index (χ1) is 12.6. The summed E-state index contributed by atoms with van der Waals surface area (Å²) < 4.78 is 0. The number of aryl methyl sites for hydroxylation is 1. The zero-order valence-corrected chi connectivity index (χ0v) is 13.8. The lowest BCUT2D eigenvalue weighted by atomic mass is 10.0. The minimum Gasteiger partial charge on any atom is -0.288 e. The van der Waals surface area contributed by atoms with Crippen LogP contribution < -0.4 is 11.1 Å². The molecule has 0 aliphatic rings. The van der Waals surface area contributed by atoms with Crippen molar-refractivity contribution in [3.8, 4) is 0 Å². The largest absolute Gasteiger partial charge is 0.288 e. The summed E-state index contributed by atoms with van der Waals surface area (Å²) in [6.07, 6.45) is 0. The molecule has 26 heavy (non-hydrogen) atoms. The van der Waals surface area contributed by atoms with E-state index in [4.69, 9.17) is 9.97 Å². The minimum absolute atomic E-state index is 0.363. The van der Waals surface area contributed by atoms with E-state index >= 15 is 0 Å². The van der Waals surface area contributed by atoms with Crippen LogP contribution in [0.4, 0.5) is 0 Å². The molecule has 0 unspecified atom stereocenters. The number of H-pyrrole nitrogens is 1. The van der Waals surface area contributed by atoms with Crippen molar-refractivity contribution in [2.45, 2.75) is 6.92 Å². The Morgan fingerprint density at radius 3 is 2.15 bits per heavy atom. The molecule has 0 bridgehead atoms. The normalized spacial score (nSPS) is 12.3. The molecule has 5 nitrogen and oxygen atoms in total. The predicted octanol–water partition coefficient (Wildman–Crippen LogP) is 3.48. The Hall–Kier alpha value is -3.60.